The minimum atomic E-state index is 0.225. The van der Waals surface area contributed by atoms with Gasteiger partial charge in [-0.1, -0.05) is 0 Å². The van der Waals surface area contributed by atoms with Crippen molar-refractivity contribution in [2.24, 2.45) is 0 Å². The average Bonchev–Trinajstić information content (AvgIpc) is 3.06. The van der Waals surface area contributed by atoms with Crippen molar-refractivity contribution in [1.29, 1.82) is 0 Å². The highest BCUT2D eigenvalue weighted by atomic mass is 16.2. The van der Waals surface area contributed by atoms with Gasteiger partial charge in [0, 0.05) is 36.6 Å². The molecule has 20 heavy (non-hydrogen) atoms. The molecule has 0 spiro atoms. The van der Waals surface area contributed by atoms with Crippen molar-refractivity contribution in [3.8, 4) is 0 Å². The summed E-state index contributed by atoms with van der Waals surface area (Å²) in [7, 11) is 1.96. The molecule has 1 saturated carbocycles. The Labute approximate surface area is 121 Å². The quantitative estimate of drug-likeness (QED) is 0.915. The molecular weight excluding hydrogens is 250 g/mol. The predicted octanol–water partition coefficient (Wildman–Crippen LogP) is 2.26. The van der Waals surface area contributed by atoms with Crippen LogP contribution in [0.15, 0.2) is 6.07 Å². The number of aryl methyl sites for hydroxylation is 1. The van der Waals surface area contributed by atoms with E-state index in [1.165, 1.54) is 18.5 Å². The molecule has 1 unspecified atom stereocenters. The van der Waals surface area contributed by atoms with Gasteiger partial charge in [0.15, 0.2) is 0 Å². The number of nitrogens with zero attached hydrogens (tertiary/aromatic N) is 2. The van der Waals surface area contributed by atoms with E-state index in [9.17, 15) is 4.79 Å². The minimum absolute atomic E-state index is 0.225. The fraction of sp³-hybridized carbons (Fsp3) is 0.688. The molecule has 0 aromatic carbocycles. The standard InChI is InChI=1S/C16H25N3O/c1-11-9-15(12(2)19(11)13-6-7-13)16(20)18-8-4-5-14(18)10-17-3/h9,13-14,17H,4-8,10H2,1-3H3. The van der Waals surface area contributed by atoms with E-state index in [1.54, 1.807) is 0 Å². The maximum Gasteiger partial charge on any atom is 0.255 e. The van der Waals surface area contributed by atoms with E-state index < -0.39 is 0 Å². The summed E-state index contributed by atoms with van der Waals surface area (Å²) >= 11 is 0. The maximum atomic E-state index is 12.8. The SMILES string of the molecule is CNCC1CCCN1C(=O)c1cc(C)n(C2CC2)c1C. The van der Waals surface area contributed by atoms with Crippen LogP contribution < -0.4 is 5.32 Å². The maximum absolute atomic E-state index is 12.8. The summed E-state index contributed by atoms with van der Waals surface area (Å²) in [6.07, 6.45) is 4.76. The second-order valence-corrected chi connectivity index (χ2v) is 6.24. The van der Waals surface area contributed by atoms with Gasteiger partial charge < -0.3 is 14.8 Å². The van der Waals surface area contributed by atoms with E-state index in [0.717, 1.165) is 37.2 Å². The zero-order valence-electron chi connectivity index (χ0n) is 12.8. The monoisotopic (exact) mass is 275 g/mol. The van der Waals surface area contributed by atoms with E-state index >= 15 is 0 Å². The van der Waals surface area contributed by atoms with Crippen molar-refractivity contribution >= 4 is 5.91 Å². The average molecular weight is 275 g/mol. The van der Waals surface area contributed by atoms with Gasteiger partial charge in [0.2, 0.25) is 0 Å². The fourth-order valence-corrected chi connectivity index (χ4v) is 3.59. The van der Waals surface area contributed by atoms with Gasteiger partial charge in [-0.3, -0.25) is 4.79 Å². The van der Waals surface area contributed by atoms with E-state index in [1.807, 2.05) is 7.05 Å². The molecule has 1 aromatic rings. The molecule has 1 aromatic heterocycles. The minimum Gasteiger partial charge on any atom is -0.345 e. The Kier molecular flexibility index (Phi) is 3.59. The summed E-state index contributed by atoms with van der Waals surface area (Å²) in [6.45, 7) is 6.02. The first-order chi connectivity index (χ1) is 9.63. The van der Waals surface area contributed by atoms with Crippen molar-refractivity contribution in [2.45, 2.75) is 51.6 Å². The topological polar surface area (TPSA) is 37.3 Å². The third kappa shape index (κ3) is 2.26. The van der Waals surface area contributed by atoms with Crippen molar-refractivity contribution in [3.05, 3.63) is 23.0 Å². The normalized spacial score (nSPS) is 22.6. The number of rotatable bonds is 4. The largest absolute Gasteiger partial charge is 0.345 e. The Balaban J connectivity index is 1.85. The van der Waals surface area contributed by atoms with Crippen LogP contribution in [-0.2, 0) is 0 Å². The molecule has 2 aliphatic rings. The number of hydrogen-bond acceptors (Lipinski definition) is 2. The molecule has 1 amide bonds. The third-order valence-electron chi connectivity index (χ3n) is 4.70. The highest BCUT2D eigenvalue weighted by Gasteiger charge is 2.33. The van der Waals surface area contributed by atoms with Crippen molar-refractivity contribution < 1.29 is 4.79 Å². The van der Waals surface area contributed by atoms with Crippen LogP contribution in [0.4, 0.5) is 0 Å². The summed E-state index contributed by atoms with van der Waals surface area (Å²) in [5.74, 6) is 0.225. The Morgan fingerprint density at radius 3 is 2.75 bits per heavy atom. The van der Waals surface area contributed by atoms with Crippen LogP contribution in [0, 0.1) is 13.8 Å². The second kappa shape index (κ2) is 5.24. The number of carbonyl (C=O) groups is 1. The van der Waals surface area contributed by atoms with Gasteiger partial charge in [0.1, 0.15) is 0 Å². The molecule has 2 fully saturated rings. The second-order valence-electron chi connectivity index (χ2n) is 6.24. The van der Waals surface area contributed by atoms with Crippen LogP contribution in [0.1, 0.15) is 53.5 Å². The zero-order valence-corrected chi connectivity index (χ0v) is 12.8. The van der Waals surface area contributed by atoms with Gasteiger partial charge in [-0.2, -0.15) is 0 Å². The predicted molar refractivity (Wildman–Crippen MR) is 80.2 cm³/mol. The molecule has 2 heterocycles. The van der Waals surface area contributed by atoms with E-state index in [0.29, 0.717) is 12.1 Å². The number of likely N-dealkylation sites (N-methyl/N-ethyl adjacent to an activating group) is 1. The smallest absolute Gasteiger partial charge is 0.255 e. The molecule has 1 aliphatic heterocycles. The number of amides is 1. The fourth-order valence-electron chi connectivity index (χ4n) is 3.59. The van der Waals surface area contributed by atoms with Crippen molar-refractivity contribution in [1.82, 2.24) is 14.8 Å². The Bertz CT molecular complexity index is 516. The Morgan fingerprint density at radius 1 is 1.35 bits per heavy atom. The third-order valence-corrected chi connectivity index (χ3v) is 4.70. The molecule has 3 rings (SSSR count). The highest BCUT2D eigenvalue weighted by molar-refractivity contribution is 5.96. The summed E-state index contributed by atoms with van der Waals surface area (Å²) in [5.41, 5.74) is 3.31. The molecular formula is C16H25N3O. The first-order valence-electron chi connectivity index (χ1n) is 7.77. The van der Waals surface area contributed by atoms with Gasteiger partial charge in [0.25, 0.3) is 5.91 Å². The van der Waals surface area contributed by atoms with E-state index in [-0.39, 0.29) is 5.91 Å². The van der Waals surface area contributed by atoms with Gasteiger partial charge in [0.05, 0.1) is 5.56 Å². The Hall–Kier alpha value is -1.29. The lowest BCUT2D eigenvalue weighted by Crippen LogP contribution is -2.41. The molecule has 1 N–H and O–H groups in total. The Morgan fingerprint density at radius 2 is 2.10 bits per heavy atom. The molecule has 0 radical (unpaired) electrons. The lowest BCUT2D eigenvalue weighted by Gasteiger charge is -2.24. The van der Waals surface area contributed by atoms with Crippen LogP contribution in [0.25, 0.3) is 0 Å². The summed E-state index contributed by atoms with van der Waals surface area (Å²) in [4.78, 5) is 14.9. The lowest BCUT2D eigenvalue weighted by atomic mass is 10.2. The molecule has 4 heteroatoms. The van der Waals surface area contributed by atoms with E-state index in [4.69, 9.17) is 0 Å². The number of carbonyl (C=O) groups excluding carboxylic acids is 1. The number of hydrogen-bond donors (Lipinski definition) is 1. The van der Waals surface area contributed by atoms with Gasteiger partial charge in [-0.25, -0.2) is 0 Å². The molecule has 4 nitrogen and oxygen atoms in total. The molecule has 110 valence electrons. The first-order valence-corrected chi connectivity index (χ1v) is 7.77. The van der Waals surface area contributed by atoms with Gasteiger partial charge in [-0.15, -0.1) is 0 Å². The van der Waals surface area contributed by atoms with Crippen molar-refractivity contribution in [2.75, 3.05) is 20.1 Å². The number of aromatic nitrogens is 1. The lowest BCUT2D eigenvalue weighted by molar-refractivity contribution is 0.0736. The van der Waals surface area contributed by atoms with Crippen LogP contribution in [-0.4, -0.2) is 41.6 Å². The molecule has 1 atom stereocenters. The van der Waals surface area contributed by atoms with Gasteiger partial charge in [-0.05, 0) is 52.6 Å². The number of likely N-dealkylation sites (tertiary alicyclic amines) is 1. The van der Waals surface area contributed by atoms with Crippen molar-refractivity contribution in [3.63, 3.8) is 0 Å². The molecule has 1 aliphatic carbocycles. The van der Waals surface area contributed by atoms with Crippen LogP contribution >= 0.6 is 0 Å². The van der Waals surface area contributed by atoms with Crippen LogP contribution in [0.3, 0.4) is 0 Å². The van der Waals surface area contributed by atoms with Crippen LogP contribution in [0.2, 0.25) is 0 Å². The summed E-state index contributed by atoms with van der Waals surface area (Å²) in [5, 5.41) is 3.21. The highest BCUT2D eigenvalue weighted by Crippen LogP contribution is 2.38. The first kappa shape index (κ1) is 13.7. The summed E-state index contributed by atoms with van der Waals surface area (Å²) in [6, 6.07) is 3.09. The van der Waals surface area contributed by atoms with Crippen LogP contribution in [0.5, 0.6) is 0 Å². The molecule has 0 bridgehead atoms. The zero-order chi connectivity index (χ0) is 14.3. The summed E-state index contributed by atoms with van der Waals surface area (Å²) < 4.78 is 2.36. The molecule has 1 saturated heterocycles. The van der Waals surface area contributed by atoms with E-state index in [2.05, 4.69) is 34.7 Å². The number of nitrogens with one attached hydrogen (secondary N) is 1. The van der Waals surface area contributed by atoms with Gasteiger partial charge >= 0.3 is 0 Å².